The van der Waals surface area contributed by atoms with Gasteiger partial charge in [0.05, 0.1) is 0 Å². The summed E-state index contributed by atoms with van der Waals surface area (Å²) >= 11 is 0. The van der Waals surface area contributed by atoms with Gasteiger partial charge in [0.1, 0.15) is 5.52 Å². The molecule has 4 N–H and O–H groups in total. The number of rotatable bonds is 2. The quantitative estimate of drug-likeness (QED) is 0.641. The van der Waals surface area contributed by atoms with Crippen LogP contribution in [0.2, 0.25) is 0 Å². The molecule has 0 spiro atoms. The second kappa shape index (κ2) is 3.74. The topological polar surface area (TPSA) is 79.4 Å². The van der Waals surface area contributed by atoms with Gasteiger partial charge in [-0.25, -0.2) is 4.98 Å². The SMILES string of the molecule is NCCc1ccc2ccc(O)c(O)c2n1. The Balaban J connectivity index is 2.63. The summed E-state index contributed by atoms with van der Waals surface area (Å²) in [6.07, 6.45) is 0.658. The van der Waals surface area contributed by atoms with Crippen molar-refractivity contribution in [3.05, 3.63) is 30.0 Å². The lowest BCUT2D eigenvalue weighted by molar-refractivity contribution is 0.407. The first-order valence-corrected chi connectivity index (χ1v) is 4.73. The highest BCUT2D eigenvalue weighted by molar-refractivity contribution is 5.86. The maximum absolute atomic E-state index is 9.61. The van der Waals surface area contributed by atoms with E-state index in [-0.39, 0.29) is 11.5 Å². The molecule has 0 aliphatic carbocycles. The van der Waals surface area contributed by atoms with E-state index in [2.05, 4.69) is 4.98 Å². The molecule has 4 heteroatoms. The molecule has 15 heavy (non-hydrogen) atoms. The molecule has 0 unspecified atom stereocenters. The van der Waals surface area contributed by atoms with Crippen LogP contribution >= 0.6 is 0 Å². The molecule has 0 saturated carbocycles. The van der Waals surface area contributed by atoms with Gasteiger partial charge in [-0.3, -0.25) is 0 Å². The van der Waals surface area contributed by atoms with Gasteiger partial charge in [-0.05, 0) is 24.7 Å². The second-order valence-electron chi connectivity index (χ2n) is 3.35. The van der Waals surface area contributed by atoms with Crippen LogP contribution < -0.4 is 5.73 Å². The fourth-order valence-electron chi connectivity index (χ4n) is 1.49. The van der Waals surface area contributed by atoms with Crippen molar-refractivity contribution in [1.82, 2.24) is 4.98 Å². The van der Waals surface area contributed by atoms with Crippen molar-refractivity contribution in [3.63, 3.8) is 0 Å². The van der Waals surface area contributed by atoms with E-state index in [0.717, 1.165) is 11.1 Å². The molecule has 0 bridgehead atoms. The largest absolute Gasteiger partial charge is 0.504 e. The minimum Gasteiger partial charge on any atom is -0.504 e. The number of nitrogens with zero attached hydrogens (tertiary/aromatic N) is 1. The zero-order valence-corrected chi connectivity index (χ0v) is 8.14. The van der Waals surface area contributed by atoms with Crippen molar-refractivity contribution in [2.45, 2.75) is 6.42 Å². The van der Waals surface area contributed by atoms with Crippen molar-refractivity contribution in [3.8, 4) is 11.5 Å². The fraction of sp³-hybridized carbons (Fsp3) is 0.182. The van der Waals surface area contributed by atoms with Crippen molar-refractivity contribution >= 4 is 10.9 Å². The minimum atomic E-state index is -0.175. The average molecular weight is 204 g/mol. The van der Waals surface area contributed by atoms with Gasteiger partial charge in [-0.15, -0.1) is 0 Å². The number of nitrogens with two attached hydrogens (primary N) is 1. The predicted octanol–water partition coefficient (Wildman–Crippen LogP) is 1.15. The summed E-state index contributed by atoms with van der Waals surface area (Å²) in [6.45, 7) is 0.512. The molecule has 1 aromatic carbocycles. The van der Waals surface area contributed by atoms with E-state index in [4.69, 9.17) is 5.73 Å². The second-order valence-corrected chi connectivity index (χ2v) is 3.35. The summed E-state index contributed by atoms with van der Waals surface area (Å²) in [5, 5.41) is 19.7. The van der Waals surface area contributed by atoms with E-state index >= 15 is 0 Å². The van der Waals surface area contributed by atoms with Gasteiger partial charge >= 0.3 is 0 Å². The van der Waals surface area contributed by atoms with Gasteiger partial charge in [-0.2, -0.15) is 0 Å². The molecule has 1 aromatic heterocycles. The monoisotopic (exact) mass is 204 g/mol. The van der Waals surface area contributed by atoms with Gasteiger partial charge in [0.2, 0.25) is 0 Å². The number of phenols is 2. The van der Waals surface area contributed by atoms with Crippen LogP contribution in [0.5, 0.6) is 11.5 Å². The summed E-state index contributed by atoms with van der Waals surface area (Å²) in [7, 11) is 0. The molecule has 0 amide bonds. The highest BCUT2D eigenvalue weighted by atomic mass is 16.3. The zero-order chi connectivity index (χ0) is 10.8. The van der Waals surface area contributed by atoms with Crippen LogP contribution in [0.1, 0.15) is 5.69 Å². The molecule has 1 heterocycles. The third-order valence-electron chi connectivity index (χ3n) is 2.27. The lowest BCUT2D eigenvalue weighted by atomic mass is 10.1. The molecule has 78 valence electrons. The van der Waals surface area contributed by atoms with E-state index < -0.39 is 0 Å². The van der Waals surface area contributed by atoms with Crippen molar-refractivity contribution in [1.29, 1.82) is 0 Å². The number of aromatic nitrogens is 1. The highest BCUT2D eigenvalue weighted by Crippen LogP contribution is 2.31. The maximum Gasteiger partial charge on any atom is 0.184 e. The fourth-order valence-corrected chi connectivity index (χ4v) is 1.49. The summed E-state index contributed by atoms with van der Waals surface area (Å²) < 4.78 is 0. The van der Waals surface area contributed by atoms with Crippen molar-refractivity contribution in [2.75, 3.05) is 6.54 Å². The Morgan fingerprint density at radius 1 is 1.13 bits per heavy atom. The Labute approximate surface area is 87.0 Å². The van der Waals surface area contributed by atoms with Crippen molar-refractivity contribution < 1.29 is 10.2 Å². The zero-order valence-electron chi connectivity index (χ0n) is 8.14. The molecular formula is C11H12N2O2. The predicted molar refractivity (Wildman–Crippen MR) is 57.8 cm³/mol. The lowest BCUT2D eigenvalue weighted by Crippen LogP contribution is -2.04. The molecule has 0 fully saturated rings. The first-order valence-electron chi connectivity index (χ1n) is 4.73. The summed E-state index contributed by atoms with van der Waals surface area (Å²) in [5.74, 6) is -0.328. The van der Waals surface area contributed by atoms with Crippen LogP contribution in [0.3, 0.4) is 0 Å². The van der Waals surface area contributed by atoms with E-state index in [1.54, 1.807) is 6.07 Å². The number of hydrogen-bond acceptors (Lipinski definition) is 4. The van der Waals surface area contributed by atoms with Gasteiger partial charge in [-0.1, -0.05) is 6.07 Å². The molecule has 2 rings (SSSR count). The number of fused-ring (bicyclic) bond motifs is 1. The van der Waals surface area contributed by atoms with Gasteiger partial charge in [0.25, 0.3) is 0 Å². The minimum absolute atomic E-state index is 0.153. The summed E-state index contributed by atoms with van der Waals surface area (Å²) in [4.78, 5) is 4.24. The van der Waals surface area contributed by atoms with Crippen LogP contribution in [0.25, 0.3) is 10.9 Å². The normalized spacial score (nSPS) is 10.7. The molecule has 0 aliphatic heterocycles. The molecule has 0 radical (unpaired) electrons. The number of benzene rings is 1. The number of pyridine rings is 1. The van der Waals surface area contributed by atoms with Gasteiger partial charge in [0, 0.05) is 17.5 Å². The van der Waals surface area contributed by atoms with Crippen molar-refractivity contribution in [2.24, 2.45) is 5.73 Å². The van der Waals surface area contributed by atoms with E-state index in [9.17, 15) is 10.2 Å². The van der Waals surface area contributed by atoms with Gasteiger partial charge in [0.15, 0.2) is 11.5 Å². The standard InChI is InChI=1S/C11H12N2O2/c12-6-5-8-3-1-7-2-4-9(14)11(15)10(7)13-8/h1-4,14-15H,5-6,12H2. The van der Waals surface area contributed by atoms with E-state index in [1.165, 1.54) is 6.07 Å². The van der Waals surface area contributed by atoms with Gasteiger partial charge < -0.3 is 15.9 Å². The lowest BCUT2D eigenvalue weighted by Gasteiger charge is -2.04. The molecule has 0 aliphatic rings. The maximum atomic E-state index is 9.61. The third kappa shape index (κ3) is 1.71. The molecular weight excluding hydrogens is 192 g/mol. The molecule has 2 aromatic rings. The Bertz CT molecular complexity index is 497. The first kappa shape index (κ1) is 9.73. The third-order valence-corrected chi connectivity index (χ3v) is 2.27. The van der Waals surface area contributed by atoms with Crippen LogP contribution in [-0.2, 0) is 6.42 Å². The average Bonchev–Trinajstić information content (AvgIpc) is 2.25. The number of phenolic OH excluding ortho intramolecular Hbond substituents is 2. The van der Waals surface area contributed by atoms with Crippen LogP contribution in [0.4, 0.5) is 0 Å². The number of aromatic hydroxyl groups is 2. The number of hydrogen-bond donors (Lipinski definition) is 3. The Morgan fingerprint density at radius 2 is 1.87 bits per heavy atom. The Morgan fingerprint density at radius 3 is 2.60 bits per heavy atom. The van der Waals surface area contributed by atoms with E-state index in [1.807, 2.05) is 12.1 Å². The Kier molecular flexibility index (Phi) is 2.43. The highest BCUT2D eigenvalue weighted by Gasteiger charge is 2.06. The molecule has 4 nitrogen and oxygen atoms in total. The summed E-state index contributed by atoms with van der Waals surface area (Å²) in [5.41, 5.74) is 6.65. The van der Waals surface area contributed by atoms with E-state index in [0.29, 0.717) is 18.5 Å². The van der Waals surface area contributed by atoms with Crippen LogP contribution in [0.15, 0.2) is 24.3 Å². The van der Waals surface area contributed by atoms with Crippen LogP contribution in [0, 0.1) is 0 Å². The molecule has 0 saturated heterocycles. The molecule has 0 atom stereocenters. The van der Waals surface area contributed by atoms with Crippen LogP contribution in [-0.4, -0.2) is 21.7 Å². The smallest absolute Gasteiger partial charge is 0.184 e. The Hall–Kier alpha value is -1.81. The summed E-state index contributed by atoms with van der Waals surface area (Å²) in [6, 6.07) is 6.88. The first-order chi connectivity index (χ1) is 7.22.